The monoisotopic (exact) mass is 197 g/mol. The van der Waals surface area contributed by atoms with Gasteiger partial charge < -0.3 is 0 Å². The summed E-state index contributed by atoms with van der Waals surface area (Å²) in [6.45, 7) is 9.16. The van der Waals surface area contributed by atoms with Gasteiger partial charge in [0.2, 0.25) is 0 Å². The lowest BCUT2D eigenvalue weighted by molar-refractivity contribution is -0.123. The van der Waals surface area contributed by atoms with Gasteiger partial charge in [-0.1, -0.05) is 27.2 Å². The third kappa shape index (κ3) is 3.41. The summed E-state index contributed by atoms with van der Waals surface area (Å²) in [5.74, 6) is 1.41. The third-order valence-corrected chi connectivity index (χ3v) is 3.20. The molecule has 0 aromatic heterocycles. The van der Waals surface area contributed by atoms with E-state index in [1.807, 2.05) is 13.8 Å². The quantitative estimate of drug-likeness (QED) is 0.689. The molecule has 1 aliphatic rings. The maximum absolute atomic E-state index is 11.6. The van der Waals surface area contributed by atoms with E-state index in [9.17, 15) is 4.79 Å². The summed E-state index contributed by atoms with van der Waals surface area (Å²) >= 11 is 0. The largest absolute Gasteiger partial charge is 0.298 e. The second-order valence-electron chi connectivity index (χ2n) is 4.77. The van der Waals surface area contributed by atoms with Gasteiger partial charge in [-0.2, -0.15) is 0 Å². The number of Topliss-reactive ketones (excluding diaryl/α,β-unsaturated/α-hetero) is 1. The van der Waals surface area contributed by atoms with Crippen molar-refractivity contribution in [2.75, 3.05) is 19.6 Å². The molecule has 2 heteroatoms. The minimum atomic E-state index is 0.192. The zero-order chi connectivity index (χ0) is 10.6. The smallest absolute Gasteiger partial charge is 0.149 e. The van der Waals surface area contributed by atoms with Crippen molar-refractivity contribution < 1.29 is 4.79 Å². The average molecular weight is 197 g/mol. The Balaban J connectivity index is 2.34. The second kappa shape index (κ2) is 5.50. The normalized spacial score (nSPS) is 24.1. The maximum Gasteiger partial charge on any atom is 0.149 e. The van der Waals surface area contributed by atoms with Gasteiger partial charge in [0.15, 0.2) is 0 Å². The highest BCUT2D eigenvalue weighted by atomic mass is 16.1. The van der Waals surface area contributed by atoms with Crippen LogP contribution in [0.15, 0.2) is 0 Å². The molecule has 14 heavy (non-hydrogen) atoms. The Kier molecular flexibility index (Phi) is 4.59. The highest BCUT2D eigenvalue weighted by Crippen LogP contribution is 2.19. The first-order valence-corrected chi connectivity index (χ1v) is 5.88. The molecular formula is C12H23NO. The molecule has 0 amide bonds. The fourth-order valence-corrected chi connectivity index (χ4v) is 2.03. The van der Waals surface area contributed by atoms with Gasteiger partial charge in [-0.05, 0) is 25.3 Å². The van der Waals surface area contributed by atoms with Crippen LogP contribution < -0.4 is 0 Å². The Morgan fingerprint density at radius 3 is 2.79 bits per heavy atom. The molecule has 0 aliphatic carbocycles. The van der Waals surface area contributed by atoms with Crippen molar-refractivity contribution in [3.8, 4) is 0 Å². The molecule has 1 unspecified atom stereocenters. The van der Waals surface area contributed by atoms with Crippen LogP contribution in [0.25, 0.3) is 0 Å². The van der Waals surface area contributed by atoms with E-state index in [1.54, 1.807) is 0 Å². The van der Waals surface area contributed by atoms with E-state index in [0.29, 0.717) is 12.3 Å². The Bertz CT molecular complexity index is 189. The summed E-state index contributed by atoms with van der Waals surface area (Å²) in [5.41, 5.74) is 0. The van der Waals surface area contributed by atoms with Crippen LogP contribution in [0.5, 0.6) is 0 Å². The van der Waals surface area contributed by atoms with Gasteiger partial charge >= 0.3 is 0 Å². The Morgan fingerprint density at radius 1 is 1.50 bits per heavy atom. The number of carbonyl (C=O) groups is 1. The minimum absolute atomic E-state index is 0.192. The number of carbonyl (C=O) groups excluding carboxylic acids is 1. The predicted molar refractivity (Wildman–Crippen MR) is 59.3 cm³/mol. The number of rotatable bonds is 4. The van der Waals surface area contributed by atoms with Crippen molar-refractivity contribution in [1.29, 1.82) is 0 Å². The highest BCUT2D eigenvalue weighted by Gasteiger charge is 2.20. The van der Waals surface area contributed by atoms with E-state index in [-0.39, 0.29) is 5.92 Å². The number of hydrogen-bond donors (Lipinski definition) is 0. The van der Waals surface area contributed by atoms with Crippen molar-refractivity contribution in [2.45, 2.75) is 40.0 Å². The van der Waals surface area contributed by atoms with Crippen LogP contribution in [0.1, 0.15) is 40.0 Å². The molecule has 2 nitrogen and oxygen atoms in total. The summed E-state index contributed by atoms with van der Waals surface area (Å²) in [7, 11) is 0. The van der Waals surface area contributed by atoms with Crippen LogP contribution in [-0.2, 0) is 4.79 Å². The lowest BCUT2D eigenvalue weighted by atomic mass is 9.95. The predicted octanol–water partition coefficient (Wildman–Crippen LogP) is 2.33. The topological polar surface area (TPSA) is 20.3 Å². The minimum Gasteiger partial charge on any atom is -0.298 e. The van der Waals surface area contributed by atoms with Crippen LogP contribution in [-0.4, -0.2) is 30.3 Å². The Labute approximate surface area is 87.7 Å². The van der Waals surface area contributed by atoms with E-state index in [4.69, 9.17) is 0 Å². The number of likely N-dealkylation sites (tertiary alicyclic amines) is 1. The zero-order valence-electron chi connectivity index (χ0n) is 9.75. The maximum atomic E-state index is 11.6. The van der Waals surface area contributed by atoms with Crippen molar-refractivity contribution in [3.05, 3.63) is 0 Å². The summed E-state index contributed by atoms with van der Waals surface area (Å²) in [4.78, 5) is 13.9. The molecule has 1 saturated heterocycles. The molecule has 1 atom stereocenters. The van der Waals surface area contributed by atoms with Gasteiger partial charge in [0.1, 0.15) is 5.78 Å². The zero-order valence-corrected chi connectivity index (χ0v) is 9.75. The summed E-state index contributed by atoms with van der Waals surface area (Å²) in [6.07, 6.45) is 3.87. The second-order valence-corrected chi connectivity index (χ2v) is 4.77. The molecule has 0 saturated carbocycles. The van der Waals surface area contributed by atoms with Gasteiger partial charge in [-0.25, -0.2) is 0 Å². The van der Waals surface area contributed by atoms with E-state index >= 15 is 0 Å². The Hall–Kier alpha value is -0.370. The van der Waals surface area contributed by atoms with E-state index in [1.165, 1.54) is 19.3 Å². The van der Waals surface area contributed by atoms with E-state index in [2.05, 4.69) is 11.8 Å². The van der Waals surface area contributed by atoms with Gasteiger partial charge in [0.25, 0.3) is 0 Å². The average Bonchev–Trinajstić information content (AvgIpc) is 2.18. The summed E-state index contributed by atoms with van der Waals surface area (Å²) in [6, 6.07) is 0. The van der Waals surface area contributed by atoms with Crippen LogP contribution in [0, 0.1) is 11.8 Å². The lowest BCUT2D eigenvalue weighted by Crippen LogP contribution is -2.39. The van der Waals surface area contributed by atoms with E-state index in [0.717, 1.165) is 19.0 Å². The Morgan fingerprint density at radius 2 is 2.21 bits per heavy atom. The molecule has 1 aliphatic heterocycles. The van der Waals surface area contributed by atoms with Crippen molar-refractivity contribution >= 4 is 5.78 Å². The summed E-state index contributed by atoms with van der Waals surface area (Å²) < 4.78 is 0. The first kappa shape index (κ1) is 11.7. The first-order valence-electron chi connectivity index (χ1n) is 5.88. The van der Waals surface area contributed by atoms with Crippen molar-refractivity contribution in [2.24, 2.45) is 11.8 Å². The van der Waals surface area contributed by atoms with Gasteiger partial charge in [-0.15, -0.1) is 0 Å². The molecule has 82 valence electrons. The molecule has 1 fully saturated rings. The van der Waals surface area contributed by atoms with E-state index < -0.39 is 0 Å². The lowest BCUT2D eigenvalue weighted by Gasteiger charge is -2.32. The number of hydrogen-bond acceptors (Lipinski definition) is 2. The van der Waals surface area contributed by atoms with Gasteiger partial charge in [-0.3, -0.25) is 9.69 Å². The van der Waals surface area contributed by atoms with Crippen LogP contribution in [0.4, 0.5) is 0 Å². The summed E-state index contributed by atoms with van der Waals surface area (Å²) in [5, 5.41) is 0. The highest BCUT2D eigenvalue weighted by molar-refractivity contribution is 5.82. The SMILES string of the molecule is CCC1CCCN(CC(=O)C(C)C)C1. The fourth-order valence-electron chi connectivity index (χ4n) is 2.03. The number of ketones is 1. The molecule has 1 heterocycles. The molecule has 0 N–H and O–H groups in total. The van der Waals surface area contributed by atoms with Gasteiger partial charge in [0.05, 0.1) is 6.54 Å². The van der Waals surface area contributed by atoms with Crippen molar-refractivity contribution in [1.82, 2.24) is 4.90 Å². The first-order chi connectivity index (χ1) is 6.63. The van der Waals surface area contributed by atoms with Crippen LogP contribution in [0.3, 0.4) is 0 Å². The van der Waals surface area contributed by atoms with Gasteiger partial charge in [0, 0.05) is 12.5 Å². The van der Waals surface area contributed by atoms with Crippen LogP contribution in [0.2, 0.25) is 0 Å². The molecule has 0 aromatic carbocycles. The molecule has 0 radical (unpaired) electrons. The fraction of sp³-hybridized carbons (Fsp3) is 0.917. The molecule has 1 rings (SSSR count). The number of piperidine rings is 1. The van der Waals surface area contributed by atoms with Crippen molar-refractivity contribution in [3.63, 3.8) is 0 Å². The molecule has 0 aromatic rings. The third-order valence-electron chi connectivity index (χ3n) is 3.20. The molecule has 0 spiro atoms. The van der Waals surface area contributed by atoms with Crippen LogP contribution >= 0.6 is 0 Å². The number of nitrogens with zero attached hydrogens (tertiary/aromatic N) is 1. The molecular weight excluding hydrogens is 174 g/mol. The standard InChI is InChI=1S/C12H23NO/c1-4-11-6-5-7-13(8-11)9-12(14)10(2)3/h10-11H,4-9H2,1-3H3. The molecule has 0 bridgehead atoms.